The van der Waals surface area contributed by atoms with Crippen molar-refractivity contribution in [2.45, 2.75) is 6.18 Å². The maximum absolute atomic E-state index is 12.8. The molecule has 3 aromatic rings. The van der Waals surface area contributed by atoms with Crippen LogP contribution in [0.1, 0.15) is 15.9 Å². The number of halogens is 3. The first-order valence-electron chi connectivity index (χ1n) is 7.74. The molecular formula is C18H11F3N2O3S. The first-order valence-corrected chi connectivity index (χ1v) is 8.62. The second-order valence-corrected chi connectivity index (χ2v) is 6.50. The van der Waals surface area contributed by atoms with Crippen LogP contribution in [-0.2, 0) is 6.18 Å². The fourth-order valence-electron chi connectivity index (χ4n) is 2.53. The molecule has 0 saturated carbocycles. The Kier molecular flexibility index (Phi) is 4.23. The van der Waals surface area contributed by atoms with Crippen molar-refractivity contribution < 1.29 is 27.4 Å². The number of thiazole rings is 1. The molecule has 0 spiro atoms. The van der Waals surface area contributed by atoms with Gasteiger partial charge in [-0.15, -0.1) is 11.3 Å². The van der Waals surface area contributed by atoms with Crippen molar-refractivity contribution in [3.8, 4) is 22.8 Å². The highest BCUT2D eigenvalue weighted by atomic mass is 32.1. The van der Waals surface area contributed by atoms with Crippen molar-refractivity contribution >= 4 is 22.4 Å². The van der Waals surface area contributed by atoms with Gasteiger partial charge in [0.1, 0.15) is 0 Å². The van der Waals surface area contributed by atoms with Gasteiger partial charge in [0, 0.05) is 16.5 Å². The molecule has 2 aromatic carbocycles. The average molecular weight is 392 g/mol. The van der Waals surface area contributed by atoms with Crippen molar-refractivity contribution in [2.75, 3.05) is 12.1 Å². The largest absolute Gasteiger partial charge is 0.454 e. The number of hydrogen-bond acceptors (Lipinski definition) is 5. The van der Waals surface area contributed by atoms with E-state index in [1.54, 1.807) is 23.6 Å². The van der Waals surface area contributed by atoms with Gasteiger partial charge in [-0.2, -0.15) is 13.2 Å². The Bertz CT molecular complexity index is 1020. The van der Waals surface area contributed by atoms with Crippen LogP contribution in [-0.4, -0.2) is 17.7 Å². The lowest BCUT2D eigenvalue weighted by Gasteiger charge is -2.08. The highest BCUT2D eigenvalue weighted by Gasteiger charge is 2.31. The van der Waals surface area contributed by atoms with Crippen LogP contribution in [0.25, 0.3) is 11.3 Å². The van der Waals surface area contributed by atoms with Gasteiger partial charge in [-0.05, 0) is 36.4 Å². The number of rotatable bonds is 3. The van der Waals surface area contributed by atoms with Gasteiger partial charge in [0.2, 0.25) is 6.79 Å². The number of alkyl halides is 3. The second kappa shape index (κ2) is 6.58. The van der Waals surface area contributed by atoms with E-state index in [0.717, 1.165) is 17.7 Å². The summed E-state index contributed by atoms with van der Waals surface area (Å²) < 4.78 is 48.9. The van der Waals surface area contributed by atoms with Crippen LogP contribution in [0.2, 0.25) is 0 Å². The number of nitrogens with one attached hydrogen (secondary N) is 1. The van der Waals surface area contributed by atoms with Crippen LogP contribution in [0.3, 0.4) is 0 Å². The monoisotopic (exact) mass is 392 g/mol. The van der Waals surface area contributed by atoms with Gasteiger partial charge in [-0.25, -0.2) is 4.98 Å². The molecule has 0 aliphatic carbocycles. The minimum atomic E-state index is -4.51. The molecule has 1 aromatic heterocycles. The topological polar surface area (TPSA) is 60.5 Å². The number of benzene rings is 2. The molecule has 138 valence electrons. The smallest absolute Gasteiger partial charge is 0.416 e. The zero-order valence-corrected chi connectivity index (χ0v) is 14.4. The summed E-state index contributed by atoms with van der Waals surface area (Å²) >= 11 is 1.17. The van der Waals surface area contributed by atoms with Gasteiger partial charge in [0.25, 0.3) is 5.91 Å². The van der Waals surface area contributed by atoms with E-state index in [2.05, 4.69) is 10.3 Å². The Morgan fingerprint density at radius 3 is 2.74 bits per heavy atom. The van der Waals surface area contributed by atoms with E-state index in [9.17, 15) is 18.0 Å². The number of carbonyl (C=O) groups excluding carboxylic acids is 1. The molecule has 0 bridgehead atoms. The lowest BCUT2D eigenvalue weighted by molar-refractivity contribution is -0.137. The molecule has 1 amide bonds. The molecule has 1 N–H and O–H groups in total. The van der Waals surface area contributed by atoms with Crippen molar-refractivity contribution in [3.05, 3.63) is 59.0 Å². The van der Waals surface area contributed by atoms with Crippen LogP contribution in [0.5, 0.6) is 11.5 Å². The maximum atomic E-state index is 12.8. The van der Waals surface area contributed by atoms with Gasteiger partial charge in [-0.1, -0.05) is 6.07 Å². The van der Waals surface area contributed by atoms with Crippen LogP contribution in [0, 0.1) is 0 Å². The summed E-state index contributed by atoms with van der Waals surface area (Å²) in [5.41, 5.74) is 0.410. The number of ether oxygens (including phenoxy) is 2. The minimum Gasteiger partial charge on any atom is -0.454 e. The van der Waals surface area contributed by atoms with Gasteiger partial charge >= 0.3 is 6.18 Å². The summed E-state index contributed by atoms with van der Waals surface area (Å²) in [7, 11) is 0. The Morgan fingerprint density at radius 1 is 1.11 bits per heavy atom. The summed E-state index contributed by atoms with van der Waals surface area (Å²) in [5, 5.41) is 4.54. The summed E-state index contributed by atoms with van der Waals surface area (Å²) in [6, 6.07) is 9.57. The van der Waals surface area contributed by atoms with Crippen LogP contribution in [0.15, 0.2) is 47.8 Å². The molecule has 9 heteroatoms. The van der Waals surface area contributed by atoms with Crippen molar-refractivity contribution in [1.82, 2.24) is 4.98 Å². The molecule has 0 radical (unpaired) electrons. The first kappa shape index (κ1) is 17.3. The van der Waals surface area contributed by atoms with Crippen molar-refractivity contribution in [1.29, 1.82) is 0 Å². The normalized spacial score (nSPS) is 12.9. The van der Waals surface area contributed by atoms with Crippen molar-refractivity contribution in [3.63, 3.8) is 0 Å². The SMILES string of the molecule is O=C(Nc1nc(-c2ccc3c(c2)OCO3)cs1)c1cccc(C(F)(F)F)c1. The fourth-order valence-corrected chi connectivity index (χ4v) is 3.24. The quantitative estimate of drug-likeness (QED) is 0.695. The summed E-state index contributed by atoms with van der Waals surface area (Å²) in [6.45, 7) is 0.161. The molecule has 0 atom stereocenters. The number of nitrogens with zero attached hydrogens (tertiary/aromatic N) is 1. The van der Waals surface area contributed by atoms with Crippen LogP contribution < -0.4 is 14.8 Å². The van der Waals surface area contributed by atoms with E-state index < -0.39 is 17.6 Å². The lowest BCUT2D eigenvalue weighted by atomic mass is 10.1. The Balaban J connectivity index is 1.52. The first-order chi connectivity index (χ1) is 12.9. The number of fused-ring (bicyclic) bond motifs is 1. The van der Waals surface area contributed by atoms with Gasteiger partial charge in [0.05, 0.1) is 11.3 Å². The predicted molar refractivity (Wildman–Crippen MR) is 93.1 cm³/mol. The summed E-state index contributed by atoms with van der Waals surface area (Å²) in [6.07, 6.45) is -4.51. The Hall–Kier alpha value is -3.07. The molecule has 2 heterocycles. The zero-order chi connectivity index (χ0) is 19.0. The number of amides is 1. The number of aromatic nitrogens is 1. The van der Waals surface area contributed by atoms with E-state index in [1.165, 1.54) is 23.5 Å². The van der Waals surface area contributed by atoms with Crippen LogP contribution >= 0.6 is 11.3 Å². The van der Waals surface area contributed by atoms with E-state index in [-0.39, 0.29) is 17.5 Å². The zero-order valence-electron chi connectivity index (χ0n) is 13.5. The van der Waals surface area contributed by atoms with Crippen LogP contribution in [0.4, 0.5) is 18.3 Å². The summed E-state index contributed by atoms with van der Waals surface area (Å²) in [5.74, 6) is 0.592. The van der Waals surface area contributed by atoms with Gasteiger partial charge in [-0.3, -0.25) is 10.1 Å². The third-order valence-electron chi connectivity index (χ3n) is 3.85. The number of carbonyl (C=O) groups is 1. The number of anilines is 1. The molecule has 0 unspecified atom stereocenters. The number of hydrogen-bond donors (Lipinski definition) is 1. The standard InChI is InChI=1S/C18H11F3N2O3S/c19-18(20,21)12-3-1-2-11(6-12)16(24)23-17-22-13(8-27-17)10-4-5-14-15(7-10)26-9-25-14/h1-8H,9H2,(H,22,23,24). The fraction of sp³-hybridized carbons (Fsp3) is 0.111. The van der Waals surface area contributed by atoms with E-state index >= 15 is 0 Å². The van der Waals surface area contributed by atoms with Gasteiger partial charge in [0.15, 0.2) is 16.6 Å². The molecule has 4 rings (SSSR count). The third kappa shape index (κ3) is 3.59. The van der Waals surface area contributed by atoms with Gasteiger partial charge < -0.3 is 9.47 Å². The molecule has 1 aliphatic rings. The molecule has 0 saturated heterocycles. The lowest BCUT2D eigenvalue weighted by Crippen LogP contribution is -2.13. The Labute approximate surface area is 155 Å². The molecule has 27 heavy (non-hydrogen) atoms. The maximum Gasteiger partial charge on any atom is 0.416 e. The van der Waals surface area contributed by atoms with E-state index in [1.807, 2.05) is 0 Å². The van der Waals surface area contributed by atoms with Crippen molar-refractivity contribution in [2.24, 2.45) is 0 Å². The predicted octanol–water partition coefficient (Wildman–Crippen LogP) is 4.81. The molecule has 5 nitrogen and oxygen atoms in total. The van der Waals surface area contributed by atoms with E-state index in [0.29, 0.717) is 17.2 Å². The minimum absolute atomic E-state index is 0.0929. The van der Waals surface area contributed by atoms with E-state index in [4.69, 9.17) is 9.47 Å². The molecule has 1 aliphatic heterocycles. The summed E-state index contributed by atoms with van der Waals surface area (Å²) in [4.78, 5) is 16.6. The molecular weight excluding hydrogens is 381 g/mol. The molecule has 0 fully saturated rings. The highest BCUT2D eigenvalue weighted by molar-refractivity contribution is 7.14. The third-order valence-corrected chi connectivity index (χ3v) is 4.60. The Morgan fingerprint density at radius 2 is 1.93 bits per heavy atom. The average Bonchev–Trinajstić information content (AvgIpc) is 3.29. The highest BCUT2D eigenvalue weighted by Crippen LogP contribution is 2.36. The second-order valence-electron chi connectivity index (χ2n) is 5.64.